The second kappa shape index (κ2) is 7.07. The van der Waals surface area contributed by atoms with E-state index >= 15 is 0 Å². The summed E-state index contributed by atoms with van der Waals surface area (Å²) in [5.74, 6) is 0.595. The molecule has 2 aromatic rings. The second-order valence-corrected chi connectivity index (χ2v) is 5.71. The van der Waals surface area contributed by atoms with Gasteiger partial charge in [0.1, 0.15) is 0 Å². The predicted molar refractivity (Wildman–Crippen MR) is 94.5 cm³/mol. The molecule has 0 aliphatic carbocycles. The molecule has 2 amide bonds. The van der Waals surface area contributed by atoms with Crippen LogP contribution in [0.1, 0.15) is 5.56 Å². The number of fused-ring (bicyclic) bond motifs is 1. The van der Waals surface area contributed by atoms with Crippen LogP contribution in [0.15, 0.2) is 55.3 Å². The van der Waals surface area contributed by atoms with Crippen molar-refractivity contribution < 1.29 is 18.0 Å². The Bertz CT molecular complexity index is 822. The standard InChI is InChI=1S/C18H17F3N4O/c1-2-10-24-11-12-25(15-8-5-9-22-16(15)24)17(26)23-14-7-4-3-6-13(14)18(19,20)21/h2-9H,1,10-12H2,(H,23,26). The van der Waals surface area contributed by atoms with Crippen LogP contribution >= 0.6 is 0 Å². The zero-order valence-corrected chi connectivity index (χ0v) is 13.8. The number of anilines is 3. The van der Waals surface area contributed by atoms with Gasteiger partial charge in [-0.3, -0.25) is 4.90 Å². The van der Waals surface area contributed by atoms with E-state index in [0.717, 1.165) is 6.07 Å². The molecule has 0 saturated carbocycles. The minimum atomic E-state index is -4.55. The van der Waals surface area contributed by atoms with Crippen molar-refractivity contribution in [2.75, 3.05) is 34.8 Å². The molecule has 1 aromatic carbocycles. The average Bonchev–Trinajstić information content (AvgIpc) is 2.61. The second-order valence-electron chi connectivity index (χ2n) is 5.71. The van der Waals surface area contributed by atoms with Gasteiger partial charge in [0, 0.05) is 25.8 Å². The van der Waals surface area contributed by atoms with Gasteiger partial charge in [0.2, 0.25) is 0 Å². The van der Waals surface area contributed by atoms with E-state index in [1.807, 2.05) is 4.90 Å². The van der Waals surface area contributed by atoms with Crippen molar-refractivity contribution in [1.29, 1.82) is 0 Å². The molecule has 0 unspecified atom stereocenters. The van der Waals surface area contributed by atoms with Gasteiger partial charge in [-0.25, -0.2) is 9.78 Å². The zero-order valence-electron chi connectivity index (χ0n) is 13.8. The van der Waals surface area contributed by atoms with Gasteiger partial charge in [-0.05, 0) is 24.3 Å². The normalized spacial score (nSPS) is 14.0. The minimum Gasteiger partial charge on any atom is -0.349 e. The molecule has 0 bridgehead atoms. The van der Waals surface area contributed by atoms with E-state index in [1.165, 1.54) is 23.1 Å². The predicted octanol–water partition coefficient (Wildman–Crippen LogP) is 4.14. The van der Waals surface area contributed by atoms with E-state index in [9.17, 15) is 18.0 Å². The molecular formula is C18H17F3N4O. The van der Waals surface area contributed by atoms with E-state index in [4.69, 9.17) is 0 Å². The van der Waals surface area contributed by atoms with Crippen LogP contribution in [-0.2, 0) is 6.18 Å². The Labute approximate surface area is 148 Å². The fourth-order valence-electron chi connectivity index (χ4n) is 2.86. The number of benzene rings is 1. The number of nitrogens with one attached hydrogen (secondary N) is 1. The fraction of sp³-hybridized carbons (Fsp3) is 0.222. The Balaban J connectivity index is 1.88. The lowest BCUT2D eigenvalue weighted by Crippen LogP contribution is -2.46. The smallest absolute Gasteiger partial charge is 0.349 e. The van der Waals surface area contributed by atoms with Crippen molar-refractivity contribution in [1.82, 2.24) is 4.98 Å². The van der Waals surface area contributed by atoms with Gasteiger partial charge in [-0.15, -0.1) is 6.58 Å². The molecule has 0 spiro atoms. The van der Waals surface area contributed by atoms with Crippen molar-refractivity contribution in [2.45, 2.75) is 6.18 Å². The number of hydrogen-bond donors (Lipinski definition) is 1. The molecule has 1 aliphatic rings. The maximum Gasteiger partial charge on any atom is 0.418 e. The third-order valence-electron chi connectivity index (χ3n) is 4.02. The molecule has 136 valence electrons. The minimum absolute atomic E-state index is 0.274. The number of urea groups is 1. The van der Waals surface area contributed by atoms with E-state index < -0.39 is 17.8 Å². The van der Waals surface area contributed by atoms with Gasteiger partial charge < -0.3 is 10.2 Å². The average molecular weight is 362 g/mol. The van der Waals surface area contributed by atoms with E-state index in [2.05, 4.69) is 16.9 Å². The van der Waals surface area contributed by atoms with Crippen LogP contribution in [0.25, 0.3) is 0 Å². The zero-order chi connectivity index (χ0) is 18.7. The number of rotatable bonds is 3. The van der Waals surface area contributed by atoms with Crippen molar-refractivity contribution in [3.8, 4) is 0 Å². The fourth-order valence-corrected chi connectivity index (χ4v) is 2.86. The lowest BCUT2D eigenvalue weighted by atomic mass is 10.1. The Hall–Kier alpha value is -3.03. The molecule has 0 fully saturated rings. The van der Waals surface area contributed by atoms with Gasteiger partial charge in [0.05, 0.1) is 16.9 Å². The monoisotopic (exact) mass is 362 g/mol. The maximum atomic E-state index is 13.1. The highest BCUT2D eigenvalue weighted by Gasteiger charge is 2.34. The van der Waals surface area contributed by atoms with Gasteiger partial charge in [-0.2, -0.15) is 13.2 Å². The summed E-state index contributed by atoms with van der Waals surface area (Å²) in [7, 11) is 0. The molecule has 2 heterocycles. The SMILES string of the molecule is C=CCN1CCN(C(=O)Nc2ccccc2C(F)(F)F)c2cccnc21. The first kappa shape index (κ1) is 17.8. The summed E-state index contributed by atoms with van der Waals surface area (Å²) in [5, 5.41) is 2.38. The van der Waals surface area contributed by atoms with Crippen molar-refractivity contribution in [3.05, 3.63) is 60.8 Å². The van der Waals surface area contributed by atoms with Gasteiger partial charge >= 0.3 is 12.2 Å². The number of nitrogens with zero attached hydrogens (tertiary/aromatic N) is 3. The molecule has 1 aliphatic heterocycles. The van der Waals surface area contributed by atoms with E-state index in [1.54, 1.807) is 24.4 Å². The number of aromatic nitrogens is 1. The summed E-state index contributed by atoms with van der Waals surface area (Å²) in [6, 6.07) is 7.67. The quantitative estimate of drug-likeness (QED) is 0.835. The third kappa shape index (κ3) is 3.49. The van der Waals surface area contributed by atoms with Gasteiger partial charge in [-0.1, -0.05) is 18.2 Å². The molecule has 0 radical (unpaired) electrons. The molecule has 1 N–H and O–H groups in total. The maximum absolute atomic E-state index is 13.1. The number of carbonyl (C=O) groups excluding carboxylic acids is 1. The Morgan fingerprint density at radius 2 is 2.00 bits per heavy atom. The summed E-state index contributed by atoms with van der Waals surface area (Å²) in [6.45, 7) is 5.10. The highest BCUT2D eigenvalue weighted by atomic mass is 19.4. The van der Waals surface area contributed by atoms with Crippen LogP contribution in [0.3, 0.4) is 0 Å². The topological polar surface area (TPSA) is 48.5 Å². The van der Waals surface area contributed by atoms with E-state index in [-0.39, 0.29) is 5.69 Å². The first-order chi connectivity index (χ1) is 12.4. The summed E-state index contributed by atoms with van der Waals surface area (Å²) in [5.41, 5.74) is -0.614. The summed E-state index contributed by atoms with van der Waals surface area (Å²) < 4.78 is 39.4. The molecular weight excluding hydrogens is 345 g/mol. The number of hydrogen-bond acceptors (Lipinski definition) is 3. The van der Waals surface area contributed by atoms with Gasteiger partial charge in [0.25, 0.3) is 0 Å². The number of alkyl halides is 3. The Morgan fingerprint density at radius 1 is 1.23 bits per heavy atom. The number of halogens is 3. The molecule has 8 heteroatoms. The van der Waals surface area contributed by atoms with Crippen molar-refractivity contribution in [3.63, 3.8) is 0 Å². The molecule has 0 saturated heterocycles. The van der Waals surface area contributed by atoms with Crippen LogP contribution < -0.4 is 15.1 Å². The highest BCUT2D eigenvalue weighted by molar-refractivity contribution is 6.04. The Morgan fingerprint density at radius 3 is 2.73 bits per heavy atom. The highest BCUT2D eigenvalue weighted by Crippen LogP contribution is 2.35. The molecule has 26 heavy (non-hydrogen) atoms. The van der Waals surface area contributed by atoms with Gasteiger partial charge in [0.15, 0.2) is 5.82 Å². The van der Waals surface area contributed by atoms with Crippen LogP contribution in [0.2, 0.25) is 0 Å². The largest absolute Gasteiger partial charge is 0.418 e. The van der Waals surface area contributed by atoms with Crippen LogP contribution in [-0.4, -0.2) is 30.6 Å². The van der Waals surface area contributed by atoms with Crippen LogP contribution in [0.4, 0.5) is 35.2 Å². The lowest BCUT2D eigenvalue weighted by molar-refractivity contribution is -0.136. The van der Waals surface area contributed by atoms with Crippen molar-refractivity contribution >= 4 is 23.2 Å². The summed E-state index contributed by atoms with van der Waals surface area (Å²) in [4.78, 5) is 20.3. The molecule has 3 rings (SSSR count). The van der Waals surface area contributed by atoms with E-state index in [0.29, 0.717) is 31.1 Å². The number of carbonyl (C=O) groups is 1. The Kier molecular flexibility index (Phi) is 4.83. The first-order valence-electron chi connectivity index (χ1n) is 7.97. The molecule has 0 atom stereocenters. The summed E-state index contributed by atoms with van der Waals surface area (Å²) in [6.07, 6.45) is -1.21. The third-order valence-corrected chi connectivity index (χ3v) is 4.02. The van der Waals surface area contributed by atoms with Crippen molar-refractivity contribution in [2.24, 2.45) is 0 Å². The lowest BCUT2D eigenvalue weighted by Gasteiger charge is -2.36. The number of para-hydroxylation sites is 1. The molecule has 1 aromatic heterocycles. The van der Waals surface area contributed by atoms with Crippen LogP contribution in [0, 0.1) is 0 Å². The first-order valence-corrected chi connectivity index (χ1v) is 7.97. The van der Waals surface area contributed by atoms with Crippen LogP contribution in [0.5, 0.6) is 0 Å². The summed E-state index contributed by atoms with van der Waals surface area (Å²) >= 11 is 0. The number of amides is 2. The molecule has 5 nitrogen and oxygen atoms in total. The number of pyridine rings is 1.